The molecule has 26 heavy (non-hydrogen) atoms. The predicted molar refractivity (Wildman–Crippen MR) is 101 cm³/mol. The van der Waals surface area contributed by atoms with E-state index in [1.807, 2.05) is 44.2 Å². The van der Waals surface area contributed by atoms with Crippen LogP contribution in [0.3, 0.4) is 0 Å². The van der Waals surface area contributed by atoms with Crippen LogP contribution in [-0.2, 0) is 4.79 Å². The van der Waals surface area contributed by atoms with Gasteiger partial charge in [0.05, 0.1) is 23.6 Å². The lowest BCUT2D eigenvalue weighted by molar-refractivity contribution is -0.128. The van der Waals surface area contributed by atoms with Crippen molar-refractivity contribution in [2.75, 3.05) is 18.6 Å². The van der Waals surface area contributed by atoms with Gasteiger partial charge in [-0.3, -0.25) is 4.79 Å². The number of hydrogen-bond acceptors (Lipinski definition) is 6. The standard InChI is InChI=1S/C18H21N5O2S/c1-12(14-7-5-4-6-8-14)22(3)16(24)11-26-18-21-20-17(23(18)19)15-9-10-25-13(15)2/h4-10,12H,11,19H2,1-3H3. The third-order valence-corrected chi connectivity index (χ3v) is 5.27. The zero-order chi connectivity index (χ0) is 18.7. The number of hydrogen-bond donors (Lipinski definition) is 1. The van der Waals surface area contributed by atoms with Crippen LogP contribution < -0.4 is 5.84 Å². The minimum atomic E-state index is -0.0100. The number of carbonyl (C=O) groups excluding carboxylic acids is 1. The molecule has 1 amide bonds. The van der Waals surface area contributed by atoms with Crippen LogP contribution in [0.25, 0.3) is 11.4 Å². The zero-order valence-electron chi connectivity index (χ0n) is 14.9. The number of furan rings is 1. The molecule has 3 aromatic rings. The molecule has 8 heteroatoms. The van der Waals surface area contributed by atoms with Crippen LogP contribution in [0.2, 0.25) is 0 Å². The lowest BCUT2D eigenvalue weighted by atomic mass is 10.1. The highest BCUT2D eigenvalue weighted by Crippen LogP contribution is 2.26. The summed E-state index contributed by atoms with van der Waals surface area (Å²) in [6, 6.07) is 11.7. The van der Waals surface area contributed by atoms with Crippen molar-refractivity contribution in [2.24, 2.45) is 0 Å². The van der Waals surface area contributed by atoms with E-state index in [1.54, 1.807) is 24.3 Å². The van der Waals surface area contributed by atoms with E-state index in [0.29, 0.717) is 16.7 Å². The summed E-state index contributed by atoms with van der Waals surface area (Å²) in [5.74, 6) is 7.53. The molecule has 1 aromatic carbocycles. The highest BCUT2D eigenvalue weighted by molar-refractivity contribution is 7.99. The Labute approximate surface area is 156 Å². The second-order valence-electron chi connectivity index (χ2n) is 5.95. The second kappa shape index (κ2) is 7.65. The summed E-state index contributed by atoms with van der Waals surface area (Å²) in [5, 5.41) is 8.67. The van der Waals surface area contributed by atoms with E-state index in [9.17, 15) is 4.79 Å². The first-order valence-corrected chi connectivity index (χ1v) is 9.16. The number of aryl methyl sites for hydroxylation is 1. The molecule has 0 aliphatic carbocycles. The Morgan fingerprint density at radius 3 is 2.69 bits per heavy atom. The summed E-state index contributed by atoms with van der Waals surface area (Å²) in [7, 11) is 1.80. The Morgan fingerprint density at radius 2 is 2.04 bits per heavy atom. The monoisotopic (exact) mass is 371 g/mol. The fraction of sp³-hybridized carbons (Fsp3) is 0.278. The molecule has 0 saturated heterocycles. The summed E-state index contributed by atoms with van der Waals surface area (Å²) in [5.41, 5.74) is 1.88. The van der Waals surface area contributed by atoms with Gasteiger partial charge >= 0.3 is 0 Å². The quantitative estimate of drug-likeness (QED) is 0.529. The van der Waals surface area contributed by atoms with Gasteiger partial charge in [0.2, 0.25) is 11.1 Å². The highest BCUT2D eigenvalue weighted by Gasteiger charge is 2.20. The van der Waals surface area contributed by atoms with Crippen LogP contribution in [0, 0.1) is 6.92 Å². The van der Waals surface area contributed by atoms with Gasteiger partial charge in [-0.2, -0.15) is 0 Å². The Bertz CT molecular complexity index is 890. The summed E-state index contributed by atoms with van der Waals surface area (Å²) in [4.78, 5) is 14.2. The molecular formula is C18H21N5O2S. The van der Waals surface area contributed by atoms with Crippen molar-refractivity contribution in [2.45, 2.75) is 25.0 Å². The Morgan fingerprint density at radius 1 is 1.31 bits per heavy atom. The van der Waals surface area contributed by atoms with Gasteiger partial charge in [0.15, 0.2) is 5.82 Å². The van der Waals surface area contributed by atoms with Gasteiger partial charge in [-0.1, -0.05) is 42.1 Å². The third-order valence-electron chi connectivity index (χ3n) is 4.35. The SMILES string of the molecule is Cc1occc1-c1nnc(SCC(=O)N(C)C(C)c2ccccc2)n1N. The van der Waals surface area contributed by atoms with Crippen molar-refractivity contribution in [3.63, 3.8) is 0 Å². The third kappa shape index (κ3) is 3.60. The topological polar surface area (TPSA) is 90.2 Å². The predicted octanol–water partition coefficient (Wildman–Crippen LogP) is 2.87. The highest BCUT2D eigenvalue weighted by atomic mass is 32.2. The van der Waals surface area contributed by atoms with Gasteiger partial charge in [0, 0.05) is 7.05 Å². The molecule has 0 spiro atoms. The van der Waals surface area contributed by atoms with Crippen LogP contribution in [0.4, 0.5) is 0 Å². The fourth-order valence-corrected chi connectivity index (χ4v) is 3.36. The van der Waals surface area contributed by atoms with Crippen molar-refractivity contribution in [3.05, 3.63) is 54.0 Å². The Kier molecular flexibility index (Phi) is 5.32. The maximum Gasteiger partial charge on any atom is 0.233 e. The van der Waals surface area contributed by atoms with E-state index in [4.69, 9.17) is 10.3 Å². The molecule has 2 aromatic heterocycles. The minimum absolute atomic E-state index is 0.00426. The van der Waals surface area contributed by atoms with Crippen LogP contribution in [0.15, 0.2) is 52.2 Å². The first kappa shape index (κ1) is 18.1. The van der Waals surface area contributed by atoms with E-state index in [2.05, 4.69) is 10.2 Å². The lowest BCUT2D eigenvalue weighted by Gasteiger charge is -2.25. The molecule has 2 heterocycles. The van der Waals surface area contributed by atoms with Crippen molar-refractivity contribution in [1.29, 1.82) is 0 Å². The van der Waals surface area contributed by atoms with E-state index in [1.165, 1.54) is 16.4 Å². The second-order valence-corrected chi connectivity index (χ2v) is 6.89. The van der Waals surface area contributed by atoms with E-state index < -0.39 is 0 Å². The number of nitrogens with zero attached hydrogens (tertiary/aromatic N) is 4. The smallest absolute Gasteiger partial charge is 0.233 e. The molecule has 7 nitrogen and oxygen atoms in total. The van der Waals surface area contributed by atoms with Gasteiger partial charge in [0.1, 0.15) is 5.76 Å². The molecule has 1 atom stereocenters. The molecule has 136 valence electrons. The number of carbonyl (C=O) groups is 1. The first-order valence-electron chi connectivity index (χ1n) is 8.17. The number of aromatic nitrogens is 3. The van der Waals surface area contributed by atoms with Gasteiger partial charge in [-0.05, 0) is 25.5 Å². The number of thioether (sulfide) groups is 1. The maximum atomic E-state index is 12.5. The fourth-order valence-electron chi connectivity index (χ4n) is 2.58. The lowest BCUT2D eigenvalue weighted by Crippen LogP contribution is -2.31. The number of benzene rings is 1. The van der Waals surface area contributed by atoms with Crippen LogP contribution in [-0.4, -0.2) is 38.5 Å². The maximum absolute atomic E-state index is 12.5. The zero-order valence-corrected chi connectivity index (χ0v) is 15.7. The molecule has 0 fully saturated rings. The molecule has 2 N–H and O–H groups in total. The van der Waals surface area contributed by atoms with E-state index >= 15 is 0 Å². The summed E-state index contributed by atoms with van der Waals surface area (Å²) >= 11 is 1.26. The van der Waals surface area contributed by atoms with E-state index in [-0.39, 0.29) is 17.7 Å². The van der Waals surface area contributed by atoms with Crippen LogP contribution in [0.5, 0.6) is 0 Å². The molecule has 0 bridgehead atoms. The molecule has 1 unspecified atom stereocenters. The Balaban J connectivity index is 1.65. The number of nitrogens with two attached hydrogens (primary N) is 1. The van der Waals surface area contributed by atoms with Gasteiger partial charge in [0.25, 0.3) is 0 Å². The van der Waals surface area contributed by atoms with Gasteiger partial charge in [-0.15, -0.1) is 10.2 Å². The summed E-state index contributed by atoms with van der Waals surface area (Å²) < 4.78 is 6.66. The van der Waals surface area contributed by atoms with E-state index in [0.717, 1.165) is 11.1 Å². The van der Waals surface area contributed by atoms with Crippen LogP contribution >= 0.6 is 11.8 Å². The van der Waals surface area contributed by atoms with Gasteiger partial charge < -0.3 is 15.2 Å². The number of rotatable bonds is 6. The molecule has 0 radical (unpaired) electrons. The molecular weight excluding hydrogens is 350 g/mol. The van der Waals surface area contributed by atoms with Crippen molar-refractivity contribution in [1.82, 2.24) is 19.8 Å². The normalized spacial score (nSPS) is 12.1. The average Bonchev–Trinajstić information content (AvgIpc) is 3.24. The number of amides is 1. The van der Waals surface area contributed by atoms with Crippen molar-refractivity contribution >= 4 is 17.7 Å². The van der Waals surface area contributed by atoms with Crippen LogP contribution in [0.1, 0.15) is 24.3 Å². The Hall–Kier alpha value is -2.74. The molecule has 0 saturated carbocycles. The minimum Gasteiger partial charge on any atom is -0.469 e. The van der Waals surface area contributed by atoms with Crippen molar-refractivity contribution in [3.8, 4) is 11.4 Å². The first-order chi connectivity index (χ1) is 12.5. The van der Waals surface area contributed by atoms with Gasteiger partial charge in [-0.25, -0.2) is 4.68 Å². The largest absolute Gasteiger partial charge is 0.469 e. The number of nitrogen functional groups attached to an aromatic ring is 1. The molecule has 3 rings (SSSR count). The summed E-state index contributed by atoms with van der Waals surface area (Å²) in [6.45, 7) is 3.84. The molecule has 0 aliphatic rings. The summed E-state index contributed by atoms with van der Waals surface area (Å²) in [6.07, 6.45) is 1.58. The molecule has 0 aliphatic heterocycles. The van der Waals surface area contributed by atoms with Crippen molar-refractivity contribution < 1.29 is 9.21 Å². The average molecular weight is 371 g/mol.